The van der Waals surface area contributed by atoms with Crippen LogP contribution < -0.4 is 24.6 Å². The van der Waals surface area contributed by atoms with Gasteiger partial charge in [-0.05, 0) is 36.4 Å². The summed E-state index contributed by atoms with van der Waals surface area (Å²) in [4.78, 5) is 30.9. The number of morpholine rings is 1. The minimum atomic E-state index is -0.241. The van der Waals surface area contributed by atoms with Crippen molar-refractivity contribution in [1.82, 2.24) is 4.90 Å². The Hall–Kier alpha value is -3.46. The van der Waals surface area contributed by atoms with Crippen LogP contribution in [0.4, 0.5) is 21.9 Å². The molecule has 0 atom stereocenters. The monoisotopic (exact) mass is 440 g/mol. The van der Waals surface area contributed by atoms with Crippen molar-refractivity contribution < 1.29 is 23.8 Å². The molecule has 170 valence electrons. The molecule has 2 heterocycles. The highest BCUT2D eigenvalue weighted by atomic mass is 16.5. The summed E-state index contributed by atoms with van der Waals surface area (Å²) in [5, 5.41) is 2.88. The van der Waals surface area contributed by atoms with Gasteiger partial charge in [-0.2, -0.15) is 0 Å². The van der Waals surface area contributed by atoms with Crippen molar-refractivity contribution >= 4 is 29.0 Å². The first-order valence-corrected chi connectivity index (χ1v) is 10.6. The van der Waals surface area contributed by atoms with Crippen LogP contribution in [0, 0.1) is 0 Å². The lowest BCUT2D eigenvalue weighted by Crippen LogP contribution is -2.37. The Labute approximate surface area is 187 Å². The summed E-state index contributed by atoms with van der Waals surface area (Å²) in [5.74, 6) is 0.966. The zero-order valence-corrected chi connectivity index (χ0v) is 18.4. The van der Waals surface area contributed by atoms with Gasteiger partial charge in [0.15, 0.2) is 0 Å². The predicted molar refractivity (Wildman–Crippen MR) is 122 cm³/mol. The van der Waals surface area contributed by atoms with Crippen molar-refractivity contribution in [3.63, 3.8) is 0 Å². The number of carbonyl (C=O) groups excluding carboxylic acids is 2. The van der Waals surface area contributed by atoms with E-state index in [2.05, 4.69) is 10.2 Å². The van der Waals surface area contributed by atoms with Crippen LogP contribution in [0.3, 0.4) is 0 Å². The third-order valence-electron chi connectivity index (χ3n) is 5.63. The van der Waals surface area contributed by atoms with Gasteiger partial charge in [-0.25, -0.2) is 4.79 Å². The maximum atomic E-state index is 12.9. The highest BCUT2D eigenvalue weighted by Crippen LogP contribution is 2.34. The van der Waals surface area contributed by atoms with Crippen LogP contribution in [0.2, 0.25) is 0 Å². The molecule has 0 aliphatic carbocycles. The molecule has 9 heteroatoms. The maximum Gasteiger partial charge on any atom is 0.325 e. The van der Waals surface area contributed by atoms with E-state index in [-0.39, 0.29) is 18.5 Å². The van der Waals surface area contributed by atoms with Crippen molar-refractivity contribution in [3.8, 4) is 11.5 Å². The molecule has 2 aliphatic heterocycles. The lowest BCUT2D eigenvalue weighted by Gasteiger charge is -2.28. The van der Waals surface area contributed by atoms with E-state index in [4.69, 9.17) is 14.2 Å². The van der Waals surface area contributed by atoms with Crippen LogP contribution in [-0.4, -0.2) is 77.0 Å². The molecule has 9 nitrogen and oxygen atoms in total. The summed E-state index contributed by atoms with van der Waals surface area (Å²) in [7, 11) is 3.13. The number of hydrogen-bond acceptors (Lipinski definition) is 6. The molecule has 2 aromatic carbocycles. The average Bonchev–Trinajstić information content (AvgIpc) is 3.19. The van der Waals surface area contributed by atoms with Crippen molar-refractivity contribution in [3.05, 3.63) is 42.5 Å². The lowest BCUT2D eigenvalue weighted by molar-refractivity contribution is -0.116. The molecule has 0 radical (unpaired) electrons. The summed E-state index contributed by atoms with van der Waals surface area (Å²) >= 11 is 0. The van der Waals surface area contributed by atoms with E-state index in [1.165, 1.54) is 4.90 Å². The number of hydrogen-bond donors (Lipinski definition) is 1. The van der Waals surface area contributed by atoms with Gasteiger partial charge in [-0.1, -0.05) is 0 Å². The minimum absolute atomic E-state index is 0.0210. The molecular weight excluding hydrogens is 412 g/mol. The highest BCUT2D eigenvalue weighted by Gasteiger charge is 2.32. The summed E-state index contributed by atoms with van der Waals surface area (Å²) in [6.07, 6.45) is 0. The van der Waals surface area contributed by atoms with Gasteiger partial charge in [-0.3, -0.25) is 9.69 Å². The molecule has 2 aliphatic rings. The van der Waals surface area contributed by atoms with Crippen LogP contribution in [0.5, 0.6) is 11.5 Å². The Morgan fingerprint density at radius 2 is 1.75 bits per heavy atom. The second kappa shape index (κ2) is 9.78. The number of nitrogens with zero attached hydrogens (tertiary/aromatic N) is 3. The first kappa shape index (κ1) is 21.8. The van der Waals surface area contributed by atoms with E-state index in [1.54, 1.807) is 37.3 Å². The van der Waals surface area contributed by atoms with Crippen LogP contribution in [0.25, 0.3) is 0 Å². The van der Waals surface area contributed by atoms with Gasteiger partial charge >= 0.3 is 6.03 Å². The van der Waals surface area contributed by atoms with Crippen molar-refractivity contribution in [2.24, 2.45) is 0 Å². The normalized spacial score (nSPS) is 16.3. The van der Waals surface area contributed by atoms with Crippen molar-refractivity contribution in [1.29, 1.82) is 0 Å². The van der Waals surface area contributed by atoms with Crippen LogP contribution in [0.1, 0.15) is 0 Å². The molecule has 1 N–H and O–H groups in total. The summed E-state index contributed by atoms with van der Waals surface area (Å²) in [6.45, 7) is 4.05. The smallest absolute Gasteiger partial charge is 0.325 e. The number of ether oxygens (including phenoxy) is 3. The van der Waals surface area contributed by atoms with Gasteiger partial charge in [0, 0.05) is 43.6 Å². The Morgan fingerprint density at radius 1 is 1.00 bits per heavy atom. The van der Waals surface area contributed by atoms with Crippen LogP contribution >= 0.6 is 0 Å². The zero-order valence-electron chi connectivity index (χ0n) is 18.4. The molecule has 2 fully saturated rings. The fourth-order valence-electron chi connectivity index (χ4n) is 3.91. The van der Waals surface area contributed by atoms with E-state index in [0.29, 0.717) is 36.0 Å². The van der Waals surface area contributed by atoms with Gasteiger partial charge < -0.3 is 29.3 Å². The molecule has 2 aromatic rings. The van der Waals surface area contributed by atoms with E-state index in [9.17, 15) is 9.59 Å². The predicted octanol–water partition coefficient (Wildman–Crippen LogP) is 2.42. The highest BCUT2D eigenvalue weighted by molar-refractivity contribution is 6.00. The minimum Gasteiger partial charge on any atom is -0.497 e. The van der Waals surface area contributed by atoms with Crippen LogP contribution in [0.15, 0.2) is 42.5 Å². The Balaban J connectivity index is 1.36. The molecule has 2 saturated heterocycles. The molecule has 0 saturated carbocycles. The molecule has 0 unspecified atom stereocenters. The second-order valence-electron chi connectivity index (χ2n) is 7.59. The fourth-order valence-corrected chi connectivity index (χ4v) is 3.91. The Kier molecular flexibility index (Phi) is 6.65. The molecule has 0 spiro atoms. The third-order valence-corrected chi connectivity index (χ3v) is 5.63. The van der Waals surface area contributed by atoms with E-state index in [0.717, 1.165) is 32.0 Å². The number of rotatable bonds is 7. The SMILES string of the molecule is COc1ccc(OC)c(N2CCN(CC(=O)Nc3ccc(N4CCOCC4)cc3)C2=O)c1. The van der Waals surface area contributed by atoms with Gasteiger partial charge in [0.2, 0.25) is 5.91 Å². The number of nitrogens with one attached hydrogen (secondary N) is 1. The van der Waals surface area contributed by atoms with Gasteiger partial charge in [0.05, 0.1) is 33.1 Å². The average molecular weight is 441 g/mol. The Bertz CT molecular complexity index is 959. The molecule has 0 aromatic heterocycles. The largest absolute Gasteiger partial charge is 0.497 e. The van der Waals surface area contributed by atoms with Crippen molar-refractivity contribution in [2.45, 2.75) is 0 Å². The third kappa shape index (κ3) is 4.72. The van der Waals surface area contributed by atoms with Gasteiger partial charge in [-0.15, -0.1) is 0 Å². The summed E-state index contributed by atoms with van der Waals surface area (Å²) < 4.78 is 16.1. The number of benzene rings is 2. The fraction of sp³-hybridized carbons (Fsp3) is 0.391. The second-order valence-corrected chi connectivity index (χ2v) is 7.59. The Morgan fingerprint density at radius 3 is 2.44 bits per heavy atom. The van der Waals surface area contributed by atoms with E-state index < -0.39 is 0 Å². The molecule has 3 amide bonds. The lowest BCUT2D eigenvalue weighted by atomic mass is 10.2. The zero-order chi connectivity index (χ0) is 22.5. The standard InChI is InChI=1S/C23H28N4O5/c1-30-19-7-8-21(31-2)20(15-19)27-10-9-26(23(27)29)16-22(28)24-17-3-5-18(6-4-17)25-11-13-32-14-12-25/h3-8,15H,9-14,16H2,1-2H3,(H,24,28). The molecule has 0 bridgehead atoms. The first-order chi connectivity index (χ1) is 15.6. The van der Waals surface area contributed by atoms with Gasteiger partial charge in [0.25, 0.3) is 0 Å². The number of anilines is 3. The van der Waals surface area contributed by atoms with Crippen molar-refractivity contribution in [2.75, 3.05) is 75.3 Å². The summed E-state index contributed by atoms with van der Waals surface area (Å²) in [6, 6.07) is 12.8. The first-order valence-electron chi connectivity index (χ1n) is 10.6. The summed E-state index contributed by atoms with van der Waals surface area (Å²) in [5.41, 5.74) is 2.42. The number of amides is 3. The van der Waals surface area contributed by atoms with Crippen LogP contribution in [-0.2, 0) is 9.53 Å². The number of carbonyl (C=O) groups is 2. The number of methoxy groups -OCH3 is 2. The maximum absolute atomic E-state index is 12.9. The number of urea groups is 1. The van der Waals surface area contributed by atoms with Gasteiger partial charge in [0.1, 0.15) is 18.0 Å². The molecule has 4 rings (SSSR count). The molecular formula is C23H28N4O5. The van der Waals surface area contributed by atoms with E-state index >= 15 is 0 Å². The molecule has 32 heavy (non-hydrogen) atoms. The topological polar surface area (TPSA) is 83.6 Å². The quantitative estimate of drug-likeness (QED) is 0.712. The van der Waals surface area contributed by atoms with E-state index in [1.807, 2.05) is 24.3 Å².